The van der Waals surface area contributed by atoms with Gasteiger partial charge < -0.3 is 0 Å². The van der Waals surface area contributed by atoms with E-state index in [1.165, 1.54) is 19.3 Å². The number of hydrogen-bond acceptors (Lipinski definition) is 0. The smallest absolute Gasteiger partial charge is 0.00988 e. The van der Waals surface area contributed by atoms with E-state index in [1.807, 2.05) is 6.08 Å². The number of rotatable bonds is 2. The van der Waals surface area contributed by atoms with Crippen molar-refractivity contribution in [2.24, 2.45) is 0 Å². The first-order valence-corrected chi connectivity index (χ1v) is 4.39. The summed E-state index contributed by atoms with van der Waals surface area (Å²) in [5.41, 5.74) is 1.62. The molecule has 0 aromatic carbocycles. The standard InChI is InChI=1S/C8H11I/c1-2-4-7-5-3-6-8(7)9/h2H,1,3-6H2. The van der Waals surface area contributed by atoms with E-state index in [9.17, 15) is 0 Å². The summed E-state index contributed by atoms with van der Waals surface area (Å²) in [7, 11) is 0. The lowest BCUT2D eigenvalue weighted by Crippen LogP contribution is -1.73. The third-order valence-electron chi connectivity index (χ3n) is 1.65. The van der Waals surface area contributed by atoms with Crippen LogP contribution in [0, 0.1) is 0 Å². The molecule has 0 nitrogen and oxygen atoms in total. The predicted molar refractivity (Wildman–Crippen MR) is 49.7 cm³/mol. The summed E-state index contributed by atoms with van der Waals surface area (Å²) < 4.78 is 1.58. The molecule has 0 spiro atoms. The Balaban J connectivity index is 2.54. The van der Waals surface area contributed by atoms with Crippen LogP contribution in [-0.4, -0.2) is 0 Å². The topological polar surface area (TPSA) is 0 Å². The largest absolute Gasteiger partial charge is 0.103 e. The van der Waals surface area contributed by atoms with E-state index in [1.54, 1.807) is 9.15 Å². The Kier molecular flexibility index (Phi) is 2.76. The second kappa shape index (κ2) is 3.40. The minimum Gasteiger partial charge on any atom is -0.103 e. The Hall–Kier alpha value is 0.210. The normalized spacial score (nSPS) is 18.8. The summed E-state index contributed by atoms with van der Waals surface area (Å²) in [6, 6.07) is 0. The average Bonchev–Trinajstić information content (AvgIpc) is 2.18. The zero-order valence-corrected chi connectivity index (χ0v) is 7.65. The fourth-order valence-electron chi connectivity index (χ4n) is 1.16. The van der Waals surface area contributed by atoms with E-state index in [2.05, 4.69) is 29.2 Å². The van der Waals surface area contributed by atoms with Gasteiger partial charge in [-0.15, -0.1) is 6.58 Å². The monoisotopic (exact) mass is 234 g/mol. The molecule has 0 unspecified atom stereocenters. The molecule has 9 heavy (non-hydrogen) atoms. The van der Waals surface area contributed by atoms with Gasteiger partial charge in [-0.25, -0.2) is 0 Å². The van der Waals surface area contributed by atoms with Crippen molar-refractivity contribution in [2.45, 2.75) is 25.7 Å². The maximum Gasteiger partial charge on any atom is -0.00988 e. The van der Waals surface area contributed by atoms with Gasteiger partial charge in [0.2, 0.25) is 0 Å². The highest BCUT2D eigenvalue weighted by molar-refractivity contribution is 14.1. The molecule has 50 valence electrons. The molecule has 0 aromatic rings. The molecular weight excluding hydrogens is 223 g/mol. The summed E-state index contributed by atoms with van der Waals surface area (Å²) in [5.74, 6) is 0. The fraction of sp³-hybridized carbons (Fsp3) is 0.500. The summed E-state index contributed by atoms with van der Waals surface area (Å²) >= 11 is 2.45. The van der Waals surface area contributed by atoms with Gasteiger partial charge in [0.15, 0.2) is 0 Å². The quantitative estimate of drug-likeness (QED) is 0.507. The van der Waals surface area contributed by atoms with Gasteiger partial charge in [-0.3, -0.25) is 0 Å². The molecule has 0 atom stereocenters. The van der Waals surface area contributed by atoms with Crippen LogP contribution in [0.2, 0.25) is 0 Å². The highest BCUT2D eigenvalue weighted by atomic mass is 127. The molecule has 0 fully saturated rings. The van der Waals surface area contributed by atoms with Crippen molar-refractivity contribution in [2.75, 3.05) is 0 Å². The maximum atomic E-state index is 3.72. The molecule has 0 saturated carbocycles. The Labute approximate surface area is 70.2 Å². The van der Waals surface area contributed by atoms with Crippen molar-refractivity contribution in [3.05, 3.63) is 21.8 Å². The van der Waals surface area contributed by atoms with Gasteiger partial charge in [-0.2, -0.15) is 0 Å². The summed E-state index contributed by atoms with van der Waals surface area (Å²) in [6.45, 7) is 3.72. The van der Waals surface area contributed by atoms with Crippen LogP contribution in [0.3, 0.4) is 0 Å². The Morgan fingerprint density at radius 1 is 1.56 bits per heavy atom. The lowest BCUT2D eigenvalue weighted by molar-refractivity contribution is 0.892. The maximum absolute atomic E-state index is 3.72. The first-order valence-electron chi connectivity index (χ1n) is 3.32. The summed E-state index contributed by atoms with van der Waals surface area (Å²) in [5, 5.41) is 0. The lowest BCUT2D eigenvalue weighted by atomic mass is 10.2. The third-order valence-corrected chi connectivity index (χ3v) is 2.95. The molecule has 1 aliphatic carbocycles. The van der Waals surface area contributed by atoms with E-state index < -0.39 is 0 Å². The van der Waals surface area contributed by atoms with E-state index in [4.69, 9.17) is 0 Å². The van der Waals surface area contributed by atoms with Gasteiger partial charge in [0.25, 0.3) is 0 Å². The van der Waals surface area contributed by atoms with Gasteiger partial charge in [-0.1, -0.05) is 11.6 Å². The van der Waals surface area contributed by atoms with Crippen LogP contribution in [-0.2, 0) is 0 Å². The van der Waals surface area contributed by atoms with Crippen molar-refractivity contribution < 1.29 is 0 Å². The number of halogens is 1. The average molecular weight is 234 g/mol. The van der Waals surface area contributed by atoms with Gasteiger partial charge in [0.05, 0.1) is 0 Å². The van der Waals surface area contributed by atoms with Crippen LogP contribution in [0.1, 0.15) is 25.7 Å². The number of hydrogen-bond donors (Lipinski definition) is 0. The van der Waals surface area contributed by atoms with Crippen molar-refractivity contribution in [1.82, 2.24) is 0 Å². The molecule has 0 aromatic heterocycles. The number of allylic oxidation sites excluding steroid dienone is 3. The minimum atomic E-state index is 1.11. The van der Waals surface area contributed by atoms with Gasteiger partial charge in [0.1, 0.15) is 0 Å². The highest BCUT2D eigenvalue weighted by Gasteiger charge is 2.09. The van der Waals surface area contributed by atoms with E-state index in [0.29, 0.717) is 0 Å². The molecule has 1 heteroatoms. The molecule has 0 saturated heterocycles. The first kappa shape index (κ1) is 7.32. The Bertz CT molecular complexity index is 145. The molecule has 0 N–H and O–H groups in total. The SMILES string of the molecule is C=CCC1=C(I)CCC1. The van der Waals surface area contributed by atoms with E-state index in [-0.39, 0.29) is 0 Å². The molecule has 0 bridgehead atoms. The first-order chi connectivity index (χ1) is 4.34. The lowest BCUT2D eigenvalue weighted by Gasteiger charge is -1.94. The van der Waals surface area contributed by atoms with Crippen molar-refractivity contribution in [3.8, 4) is 0 Å². The zero-order valence-electron chi connectivity index (χ0n) is 5.49. The molecule has 0 radical (unpaired) electrons. The van der Waals surface area contributed by atoms with Crippen LogP contribution >= 0.6 is 22.6 Å². The predicted octanol–water partition coefficient (Wildman–Crippen LogP) is 3.44. The summed E-state index contributed by atoms with van der Waals surface area (Å²) in [4.78, 5) is 0. The molecule has 0 aliphatic heterocycles. The Morgan fingerprint density at radius 2 is 2.33 bits per heavy atom. The molecule has 1 aliphatic rings. The molecule has 1 rings (SSSR count). The van der Waals surface area contributed by atoms with E-state index in [0.717, 1.165) is 6.42 Å². The minimum absolute atomic E-state index is 1.11. The Morgan fingerprint density at radius 3 is 2.78 bits per heavy atom. The van der Waals surface area contributed by atoms with E-state index >= 15 is 0 Å². The van der Waals surface area contributed by atoms with Crippen LogP contribution in [0.4, 0.5) is 0 Å². The van der Waals surface area contributed by atoms with Gasteiger partial charge >= 0.3 is 0 Å². The summed E-state index contributed by atoms with van der Waals surface area (Å²) in [6.07, 6.45) is 7.09. The highest BCUT2D eigenvalue weighted by Crippen LogP contribution is 2.32. The van der Waals surface area contributed by atoms with Crippen LogP contribution < -0.4 is 0 Å². The van der Waals surface area contributed by atoms with Crippen LogP contribution in [0.25, 0.3) is 0 Å². The molecule has 0 heterocycles. The molecule has 0 amide bonds. The van der Waals surface area contributed by atoms with Crippen LogP contribution in [0.5, 0.6) is 0 Å². The van der Waals surface area contributed by atoms with Crippen molar-refractivity contribution in [3.63, 3.8) is 0 Å². The van der Waals surface area contributed by atoms with Crippen molar-refractivity contribution in [1.29, 1.82) is 0 Å². The fourth-order valence-corrected chi connectivity index (χ4v) is 2.03. The second-order valence-corrected chi connectivity index (χ2v) is 3.66. The van der Waals surface area contributed by atoms with Gasteiger partial charge in [-0.05, 0) is 51.9 Å². The van der Waals surface area contributed by atoms with Crippen molar-refractivity contribution >= 4 is 22.6 Å². The van der Waals surface area contributed by atoms with Crippen LogP contribution in [0.15, 0.2) is 21.8 Å². The second-order valence-electron chi connectivity index (χ2n) is 2.35. The third kappa shape index (κ3) is 1.81. The molecular formula is C8H11I. The zero-order chi connectivity index (χ0) is 6.69. The van der Waals surface area contributed by atoms with Gasteiger partial charge in [0, 0.05) is 0 Å².